The lowest BCUT2D eigenvalue weighted by Crippen LogP contribution is -2.37. The van der Waals surface area contributed by atoms with Crippen molar-refractivity contribution in [2.45, 2.75) is 13.1 Å². The minimum atomic E-state index is -0.359. The van der Waals surface area contributed by atoms with Crippen molar-refractivity contribution < 1.29 is 14.3 Å². The molecule has 8 nitrogen and oxygen atoms in total. The Morgan fingerprint density at radius 1 is 1.03 bits per heavy atom. The first kappa shape index (κ1) is 20.3. The molecule has 5 rings (SSSR count). The van der Waals surface area contributed by atoms with Gasteiger partial charge in [0.05, 0.1) is 30.7 Å². The van der Waals surface area contributed by atoms with E-state index in [0.29, 0.717) is 34.6 Å². The molecule has 3 aromatic carbocycles. The summed E-state index contributed by atoms with van der Waals surface area (Å²) in [6.45, 7) is 0.614. The zero-order chi connectivity index (χ0) is 22.8. The molecule has 1 aliphatic rings. The summed E-state index contributed by atoms with van der Waals surface area (Å²) in [7, 11) is 0. The maximum Gasteiger partial charge on any atom is 0.252 e. The van der Waals surface area contributed by atoms with Crippen molar-refractivity contribution in [1.29, 1.82) is 5.26 Å². The van der Waals surface area contributed by atoms with Crippen LogP contribution in [0.5, 0.6) is 11.5 Å². The molecule has 8 heteroatoms. The van der Waals surface area contributed by atoms with Gasteiger partial charge in [0.25, 0.3) is 5.91 Å². The van der Waals surface area contributed by atoms with Crippen LogP contribution in [0.4, 0.5) is 0 Å². The van der Waals surface area contributed by atoms with Gasteiger partial charge in [0.1, 0.15) is 17.6 Å². The predicted octanol–water partition coefficient (Wildman–Crippen LogP) is 3.11. The second kappa shape index (κ2) is 8.48. The number of nitrogens with one attached hydrogen (secondary N) is 2. The number of carbonyl (C=O) groups is 2. The lowest BCUT2D eigenvalue weighted by Gasteiger charge is -2.12. The highest BCUT2D eigenvalue weighted by atomic mass is 16.5. The molecular weight excluding hydrogens is 418 g/mol. The van der Waals surface area contributed by atoms with Crippen molar-refractivity contribution in [2.24, 2.45) is 0 Å². The molecule has 0 saturated heterocycles. The minimum Gasteiger partial charge on any atom is -0.456 e. The summed E-state index contributed by atoms with van der Waals surface area (Å²) < 4.78 is 8.01. The van der Waals surface area contributed by atoms with Gasteiger partial charge in [0, 0.05) is 18.3 Å². The van der Waals surface area contributed by atoms with E-state index in [9.17, 15) is 14.9 Å². The molecule has 0 atom stereocenters. The van der Waals surface area contributed by atoms with Gasteiger partial charge in [-0.2, -0.15) is 5.26 Å². The average molecular weight is 437 g/mol. The second-order valence-corrected chi connectivity index (χ2v) is 7.71. The normalized spacial score (nSPS) is 13.9. The molecule has 0 radical (unpaired) electrons. The Kier molecular flexibility index (Phi) is 5.21. The van der Waals surface area contributed by atoms with E-state index in [4.69, 9.17) is 4.74 Å². The lowest BCUT2D eigenvalue weighted by molar-refractivity contribution is -0.120. The molecule has 2 amide bonds. The molecule has 0 spiro atoms. The number of nitriles is 1. The van der Waals surface area contributed by atoms with Gasteiger partial charge in [-0.3, -0.25) is 9.59 Å². The van der Waals surface area contributed by atoms with Crippen LogP contribution in [0.3, 0.4) is 0 Å². The molecular formula is C25H19N5O3. The van der Waals surface area contributed by atoms with E-state index in [1.807, 2.05) is 28.8 Å². The van der Waals surface area contributed by atoms with Crippen LogP contribution in [0, 0.1) is 11.3 Å². The largest absolute Gasteiger partial charge is 0.456 e. The molecule has 1 aromatic heterocycles. The number of hydrogen-bond acceptors (Lipinski definition) is 5. The molecule has 0 aliphatic carbocycles. The summed E-state index contributed by atoms with van der Waals surface area (Å²) >= 11 is 0. The zero-order valence-corrected chi connectivity index (χ0v) is 17.5. The second-order valence-electron chi connectivity index (χ2n) is 7.71. The maximum atomic E-state index is 12.8. The van der Waals surface area contributed by atoms with E-state index < -0.39 is 0 Å². The van der Waals surface area contributed by atoms with Gasteiger partial charge < -0.3 is 19.9 Å². The standard InChI is InChI=1S/C25H19N5O3/c26-10-18-5-4-16-8-23(18)33-20-7-6-17-2-1-3-21(22(17)9-20)25(32)29-13-24(31)28-12-19-11-27-15-30(19)14-16/h1-9,11,15H,12-14H2,(H,28,31)(H,29,32). The Morgan fingerprint density at radius 2 is 1.94 bits per heavy atom. The van der Waals surface area contributed by atoms with Crippen LogP contribution in [-0.2, 0) is 17.9 Å². The van der Waals surface area contributed by atoms with Gasteiger partial charge in [-0.15, -0.1) is 0 Å². The lowest BCUT2D eigenvalue weighted by atomic mass is 10.0. The average Bonchev–Trinajstić information content (AvgIpc) is 3.27. The Hall–Kier alpha value is -4.64. The fourth-order valence-electron chi connectivity index (χ4n) is 3.82. The first-order chi connectivity index (χ1) is 16.1. The van der Waals surface area contributed by atoms with E-state index >= 15 is 0 Å². The van der Waals surface area contributed by atoms with Crippen molar-refractivity contribution in [3.05, 3.63) is 89.5 Å². The van der Waals surface area contributed by atoms with Crippen molar-refractivity contribution in [2.75, 3.05) is 6.54 Å². The van der Waals surface area contributed by atoms with E-state index in [-0.39, 0.29) is 24.9 Å². The fourth-order valence-corrected chi connectivity index (χ4v) is 3.82. The van der Waals surface area contributed by atoms with Crippen LogP contribution in [0.2, 0.25) is 0 Å². The predicted molar refractivity (Wildman–Crippen MR) is 121 cm³/mol. The van der Waals surface area contributed by atoms with Crippen LogP contribution >= 0.6 is 0 Å². The first-order valence-corrected chi connectivity index (χ1v) is 10.4. The number of hydrogen-bond donors (Lipinski definition) is 2. The van der Waals surface area contributed by atoms with E-state index in [1.165, 1.54) is 0 Å². The number of carbonyl (C=O) groups excluding carboxylic acids is 2. The summed E-state index contributed by atoms with van der Waals surface area (Å²) in [5, 5.41) is 16.6. The quantitative estimate of drug-likeness (QED) is 0.439. The Labute approximate surface area is 189 Å². The third-order valence-electron chi connectivity index (χ3n) is 5.52. The Morgan fingerprint density at radius 3 is 2.82 bits per heavy atom. The number of nitrogens with zero attached hydrogens (tertiary/aromatic N) is 3. The zero-order valence-electron chi connectivity index (χ0n) is 17.5. The summed E-state index contributed by atoms with van der Waals surface area (Å²) in [4.78, 5) is 29.4. The van der Waals surface area contributed by atoms with Crippen LogP contribution in [0.1, 0.15) is 27.2 Å². The van der Waals surface area contributed by atoms with Crippen LogP contribution in [-0.4, -0.2) is 27.9 Å². The van der Waals surface area contributed by atoms with Gasteiger partial charge in [-0.05, 0) is 46.7 Å². The summed E-state index contributed by atoms with van der Waals surface area (Å²) in [5.41, 5.74) is 2.56. The number of fused-ring (bicyclic) bond motifs is 4. The molecule has 0 unspecified atom stereocenters. The van der Waals surface area contributed by atoms with E-state index in [2.05, 4.69) is 21.7 Å². The molecule has 4 bridgehead atoms. The molecule has 2 heterocycles. The van der Waals surface area contributed by atoms with Crippen molar-refractivity contribution in [1.82, 2.24) is 20.2 Å². The van der Waals surface area contributed by atoms with Crippen molar-refractivity contribution >= 4 is 22.6 Å². The highest BCUT2D eigenvalue weighted by Gasteiger charge is 2.15. The van der Waals surface area contributed by atoms with Gasteiger partial charge in [-0.25, -0.2) is 4.98 Å². The maximum absolute atomic E-state index is 12.8. The smallest absolute Gasteiger partial charge is 0.252 e. The van der Waals surface area contributed by atoms with Gasteiger partial charge in [0.15, 0.2) is 0 Å². The number of rotatable bonds is 0. The van der Waals surface area contributed by atoms with Gasteiger partial charge >= 0.3 is 0 Å². The first-order valence-electron chi connectivity index (χ1n) is 10.4. The Bertz CT molecular complexity index is 1430. The molecule has 4 aromatic rings. The highest BCUT2D eigenvalue weighted by Crippen LogP contribution is 2.30. The van der Waals surface area contributed by atoms with Crippen molar-refractivity contribution in [3.8, 4) is 17.6 Å². The number of aromatic nitrogens is 2. The number of imidazole rings is 1. The third-order valence-corrected chi connectivity index (χ3v) is 5.52. The third kappa shape index (κ3) is 4.12. The van der Waals surface area contributed by atoms with Crippen molar-refractivity contribution in [3.63, 3.8) is 0 Å². The van der Waals surface area contributed by atoms with Gasteiger partial charge in [-0.1, -0.05) is 24.3 Å². The van der Waals surface area contributed by atoms with Crippen LogP contribution in [0.25, 0.3) is 10.8 Å². The number of benzene rings is 3. The SMILES string of the molecule is N#Cc1ccc2cc1Oc1ccc3cccc(c3c1)C(=O)NCC(=O)NCc1cncn1C2. The molecule has 33 heavy (non-hydrogen) atoms. The van der Waals surface area contributed by atoms with Crippen LogP contribution in [0.15, 0.2) is 67.1 Å². The monoisotopic (exact) mass is 437 g/mol. The van der Waals surface area contributed by atoms with E-state index in [0.717, 1.165) is 16.6 Å². The number of amides is 2. The highest BCUT2D eigenvalue weighted by molar-refractivity contribution is 6.08. The van der Waals surface area contributed by atoms with E-state index in [1.54, 1.807) is 42.9 Å². The summed E-state index contributed by atoms with van der Waals surface area (Å²) in [6, 6.07) is 18.4. The molecule has 2 N–H and O–H groups in total. The fraction of sp³-hybridized carbons (Fsp3) is 0.120. The number of ether oxygens (including phenoxy) is 1. The topological polar surface area (TPSA) is 109 Å². The summed E-state index contributed by atoms with van der Waals surface area (Å²) in [5.74, 6) is 0.268. The minimum absolute atomic E-state index is 0.147. The molecule has 0 saturated carbocycles. The molecule has 162 valence electrons. The van der Waals surface area contributed by atoms with Crippen LogP contribution < -0.4 is 15.4 Å². The Balaban J connectivity index is 1.62. The molecule has 1 aliphatic heterocycles. The van der Waals surface area contributed by atoms with Gasteiger partial charge in [0.2, 0.25) is 5.91 Å². The summed E-state index contributed by atoms with van der Waals surface area (Å²) in [6.07, 6.45) is 3.36. The molecule has 0 fully saturated rings.